The van der Waals surface area contributed by atoms with Crippen LogP contribution in [0.15, 0.2) is 60.3 Å². The van der Waals surface area contributed by atoms with Gasteiger partial charge in [-0.1, -0.05) is 0 Å². The van der Waals surface area contributed by atoms with E-state index < -0.39 is 0 Å². The Morgan fingerprint density at radius 1 is 1.17 bits per heavy atom. The van der Waals surface area contributed by atoms with Crippen molar-refractivity contribution in [2.24, 2.45) is 0 Å². The Balaban J connectivity index is 0.000000230. The van der Waals surface area contributed by atoms with Crippen LogP contribution >= 0.6 is 12.2 Å². The molecule has 2 N–H and O–H groups in total. The fraction of sp³-hybridized carbons (Fsp3) is 0.0714. The smallest absolute Gasteiger partial charge is 0.357 e. The van der Waals surface area contributed by atoms with E-state index in [1.807, 2.05) is 42.5 Å². The minimum atomic E-state index is 0. The summed E-state index contributed by atoms with van der Waals surface area (Å²) in [5, 5.41) is 6.82. The van der Waals surface area contributed by atoms with Crippen LogP contribution in [0.4, 0.5) is 0 Å². The van der Waals surface area contributed by atoms with Crippen LogP contribution in [0.5, 0.6) is 0 Å². The molecule has 0 saturated carbocycles. The van der Waals surface area contributed by atoms with Gasteiger partial charge >= 0.3 is 17.1 Å². The zero-order valence-corrected chi connectivity index (χ0v) is 11.7. The van der Waals surface area contributed by atoms with E-state index in [2.05, 4.69) is 28.8 Å². The molecule has 1 heterocycles. The van der Waals surface area contributed by atoms with Gasteiger partial charge in [0, 0.05) is 5.70 Å². The molecule has 0 unspecified atom stereocenters. The van der Waals surface area contributed by atoms with Crippen LogP contribution in [0, 0.1) is 0 Å². The first kappa shape index (κ1) is 14.7. The van der Waals surface area contributed by atoms with E-state index in [0.717, 1.165) is 12.2 Å². The number of rotatable bonds is 1. The van der Waals surface area contributed by atoms with Gasteiger partial charge in [0.25, 0.3) is 0 Å². The Morgan fingerprint density at radius 2 is 1.94 bits per heavy atom. The van der Waals surface area contributed by atoms with Crippen molar-refractivity contribution in [2.45, 2.75) is 0 Å². The predicted octanol–water partition coefficient (Wildman–Crippen LogP) is 2.63. The molecule has 0 amide bonds. The Morgan fingerprint density at radius 3 is 2.39 bits per heavy atom. The average molecular weight is 298 g/mol. The van der Waals surface area contributed by atoms with Crippen molar-refractivity contribution in [3.05, 3.63) is 65.9 Å². The molecule has 1 saturated heterocycles. The fourth-order valence-electron chi connectivity index (χ4n) is 1.50. The molecular formula is C14H14FeN2S. The fourth-order valence-corrected chi connectivity index (χ4v) is 1.71. The van der Waals surface area contributed by atoms with Gasteiger partial charge in [0.2, 0.25) is 0 Å². The number of nitrogens with one attached hydrogen (secondary N) is 2. The van der Waals surface area contributed by atoms with E-state index >= 15 is 0 Å². The van der Waals surface area contributed by atoms with E-state index in [1.54, 1.807) is 0 Å². The normalized spacial score (nSPS) is 15.1. The van der Waals surface area contributed by atoms with Gasteiger partial charge in [-0.3, -0.25) is 0 Å². The molecule has 1 fully saturated rings. The Labute approximate surface area is 123 Å². The summed E-state index contributed by atoms with van der Waals surface area (Å²) >= 11 is 4.93. The zero-order chi connectivity index (χ0) is 11.9. The van der Waals surface area contributed by atoms with E-state index in [4.69, 9.17) is 12.2 Å². The van der Waals surface area contributed by atoms with E-state index in [-0.39, 0.29) is 17.1 Å². The molecule has 0 aromatic heterocycles. The van der Waals surface area contributed by atoms with Gasteiger partial charge in [-0.05, 0) is 12.2 Å². The monoisotopic (exact) mass is 298 g/mol. The summed E-state index contributed by atoms with van der Waals surface area (Å²) in [5.74, 6) is 0. The van der Waals surface area contributed by atoms with Gasteiger partial charge in [-0.25, -0.2) is 18.2 Å². The first-order valence-corrected chi connectivity index (χ1v) is 5.89. The quantitative estimate of drug-likeness (QED) is 0.481. The third-order valence-electron chi connectivity index (χ3n) is 2.30. The van der Waals surface area contributed by atoms with Crippen molar-refractivity contribution in [3.63, 3.8) is 0 Å². The zero-order valence-electron chi connectivity index (χ0n) is 9.74. The van der Waals surface area contributed by atoms with Crippen molar-refractivity contribution < 1.29 is 17.1 Å². The van der Waals surface area contributed by atoms with Gasteiger partial charge < -0.3 is 10.6 Å². The van der Waals surface area contributed by atoms with Crippen LogP contribution < -0.4 is 10.6 Å². The van der Waals surface area contributed by atoms with Crippen LogP contribution in [-0.4, -0.2) is 11.7 Å². The summed E-state index contributed by atoms with van der Waals surface area (Å²) in [5.41, 5.74) is 2.34. The third-order valence-corrected chi connectivity index (χ3v) is 2.54. The van der Waals surface area contributed by atoms with Crippen molar-refractivity contribution >= 4 is 23.4 Å². The molecule has 18 heavy (non-hydrogen) atoms. The maximum Gasteiger partial charge on any atom is 2.00 e. The van der Waals surface area contributed by atoms with E-state index in [1.165, 1.54) is 5.56 Å². The largest absolute Gasteiger partial charge is 2.00 e. The minimum absolute atomic E-state index is 0. The Hall–Kier alpha value is -1.35. The van der Waals surface area contributed by atoms with Crippen LogP contribution in [0.3, 0.4) is 0 Å². The molecule has 94 valence electrons. The second-order valence-corrected chi connectivity index (χ2v) is 4.07. The maximum absolute atomic E-state index is 4.93. The summed E-state index contributed by atoms with van der Waals surface area (Å²) in [7, 11) is 0. The van der Waals surface area contributed by atoms with Crippen molar-refractivity contribution in [3.8, 4) is 0 Å². The molecule has 1 aliphatic rings. The van der Waals surface area contributed by atoms with Crippen molar-refractivity contribution in [1.29, 1.82) is 0 Å². The number of hydrogen-bond acceptors (Lipinski definition) is 1. The molecule has 2 aromatic carbocycles. The average Bonchev–Trinajstić information content (AvgIpc) is 3.02. The van der Waals surface area contributed by atoms with E-state index in [9.17, 15) is 0 Å². The maximum atomic E-state index is 4.93. The minimum Gasteiger partial charge on any atom is -0.357 e. The number of hydrogen-bond donors (Lipinski definition) is 2. The predicted molar refractivity (Wildman–Crippen MR) is 75.8 cm³/mol. The number of thiocarbonyl (C=S) groups is 1. The molecular weight excluding hydrogens is 284 g/mol. The third kappa shape index (κ3) is 4.88. The molecule has 0 atom stereocenters. The summed E-state index contributed by atoms with van der Waals surface area (Å²) in [4.78, 5) is 0. The van der Waals surface area contributed by atoms with Gasteiger partial charge in [-0.15, -0.1) is 6.08 Å². The van der Waals surface area contributed by atoms with Crippen molar-refractivity contribution in [2.75, 3.05) is 6.54 Å². The van der Waals surface area contributed by atoms with Crippen LogP contribution in [0.25, 0.3) is 6.08 Å². The second-order valence-electron chi connectivity index (χ2n) is 3.66. The van der Waals surface area contributed by atoms with Crippen LogP contribution in [0.1, 0.15) is 5.56 Å². The topological polar surface area (TPSA) is 24.1 Å². The van der Waals surface area contributed by atoms with Crippen LogP contribution in [0.2, 0.25) is 0 Å². The molecule has 0 radical (unpaired) electrons. The molecule has 0 spiro atoms. The second kappa shape index (κ2) is 7.88. The molecule has 4 heteroatoms. The molecule has 2 aromatic rings. The molecule has 1 aliphatic heterocycles. The van der Waals surface area contributed by atoms with Gasteiger partial charge in [0.15, 0.2) is 5.11 Å². The summed E-state index contributed by atoms with van der Waals surface area (Å²) in [6.07, 6.45) is 2.09. The van der Waals surface area contributed by atoms with Gasteiger partial charge in [0.05, 0.1) is 6.54 Å². The first-order chi connectivity index (χ1) is 8.34. The summed E-state index contributed by atoms with van der Waals surface area (Å²) in [6.45, 7) is 0.810. The summed E-state index contributed by atoms with van der Waals surface area (Å²) in [6, 6.07) is 18.2. The molecule has 2 nitrogen and oxygen atoms in total. The van der Waals surface area contributed by atoms with E-state index in [0.29, 0.717) is 5.11 Å². The standard InChI is InChI=1S/C9H9N2S.C5H5.Fe/c12-9-10-6-8(11-9)5-7-3-1-2-4-7;1-2-4-5-3-1;/h1-5H,6H2,(H2,10,11,12);1-5H;/q2*-1;+2/b8-5+;;. The molecule has 3 rings (SSSR count). The van der Waals surface area contributed by atoms with Gasteiger partial charge in [-0.2, -0.15) is 42.0 Å². The Bertz CT molecular complexity index is 455. The summed E-state index contributed by atoms with van der Waals surface area (Å²) < 4.78 is 0. The SMILES string of the molecule is S=C1NC/C(=C\c2cc[cH-]c2)N1.[Fe+2].c1cc[cH-]c1. The van der Waals surface area contributed by atoms with Crippen LogP contribution in [-0.2, 0) is 17.1 Å². The molecule has 0 bridgehead atoms. The van der Waals surface area contributed by atoms with Crippen molar-refractivity contribution in [1.82, 2.24) is 10.6 Å². The Kier molecular flexibility index (Phi) is 6.44. The first-order valence-electron chi connectivity index (χ1n) is 5.48. The van der Waals surface area contributed by atoms with Gasteiger partial charge in [0.1, 0.15) is 0 Å². The molecule has 0 aliphatic carbocycles.